The zero-order valence-corrected chi connectivity index (χ0v) is 16.0. The van der Waals surface area contributed by atoms with Crippen LogP contribution >= 0.6 is 11.8 Å². The largest absolute Gasteiger partial charge is 0.508 e. The molecule has 2 heterocycles. The highest BCUT2D eigenvalue weighted by Crippen LogP contribution is 2.41. The fraction of sp³-hybridized carbons (Fsp3) is 0.316. The fourth-order valence-corrected chi connectivity index (χ4v) is 4.54. The topological polar surface area (TPSA) is 133 Å². The number of thioether (sulfide) groups is 1. The molecule has 0 spiro atoms. The van der Waals surface area contributed by atoms with Gasteiger partial charge in [0.05, 0.1) is 0 Å². The van der Waals surface area contributed by atoms with Gasteiger partial charge in [0.2, 0.25) is 5.91 Å². The van der Waals surface area contributed by atoms with E-state index < -0.39 is 35.2 Å². The summed E-state index contributed by atoms with van der Waals surface area (Å²) in [6.45, 7) is 1.84. The second-order valence-corrected chi connectivity index (χ2v) is 7.60. The van der Waals surface area contributed by atoms with Gasteiger partial charge in [-0.05, 0) is 36.6 Å². The van der Waals surface area contributed by atoms with Crippen LogP contribution in [0.4, 0.5) is 0 Å². The lowest BCUT2D eigenvalue weighted by Gasteiger charge is -2.49. The maximum atomic E-state index is 12.6. The highest BCUT2D eigenvalue weighted by Gasteiger charge is 2.54. The van der Waals surface area contributed by atoms with E-state index in [1.54, 1.807) is 0 Å². The van der Waals surface area contributed by atoms with Crippen molar-refractivity contribution in [3.05, 3.63) is 53.3 Å². The summed E-state index contributed by atoms with van der Waals surface area (Å²) in [5.74, 6) is -1.62. The van der Waals surface area contributed by atoms with Crippen molar-refractivity contribution in [2.45, 2.75) is 30.8 Å². The zero-order chi connectivity index (χ0) is 20.4. The van der Waals surface area contributed by atoms with Crippen molar-refractivity contribution in [3.63, 3.8) is 0 Å². The molecule has 5 N–H and O–H groups in total. The number of carboxylic acid groups (broad SMARTS) is 1. The van der Waals surface area contributed by atoms with E-state index in [9.17, 15) is 24.6 Å². The molecule has 1 aromatic carbocycles. The predicted molar refractivity (Wildman–Crippen MR) is 104 cm³/mol. The Morgan fingerprint density at radius 1 is 1.39 bits per heavy atom. The molecule has 0 bridgehead atoms. The molecular formula is C19H21N3O5S. The number of β-lactam (4-membered cyclic amide) rings is 1. The van der Waals surface area contributed by atoms with Crippen molar-refractivity contribution in [1.29, 1.82) is 0 Å². The Bertz CT molecular complexity index is 865. The SMILES string of the molecule is C/C=C\CC1=C(C(=O)O)N2C(=O)C(NC(=O)C(N)c3ccc(O)cc3)[C@H]2SC1. The lowest BCUT2D eigenvalue weighted by atomic mass is 10.00. The molecule has 8 nitrogen and oxygen atoms in total. The van der Waals surface area contributed by atoms with E-state index in [1.165, 1.54) is 40.9 Å². The molecule has 0 aromatic heterocycles. The molecule has 28 heavy (non-hydrogen) atoms. The number of rotatable bonds is 6. The molecule has 2 aliphatic rings. The first-order valence-electron chi connectivity index (χ1n) is 8.71. The summed E-state index contributed by atoms with van der Waals surface area (Å²) in [4.78, 5) is 38.0. The first kappa shape index (κ1) is 20.0. The number of hydrogen-bond donors (Lipinski definition) is 4. The normalized spacial score (nSPS) is 22.6. The fourth-order valence-electron chi connectivity index (χ4n) is 3.18. The number of fused-ring (bicyclic) bond motifs is 1. The van der Waals surface area contributed by atoms with Crippen LogP contribution < -0.4 is 11.1 Å². The monoisotopic (exact) mass is 403 g/mol. The van der Waals surface area contributed by atoms with E-state index in [0.29, 0.717) is 23.3 Å². The van der Waals surface area contributed by atoms with E-state index in [2.05, 4.69) is 5.32 Å². The van der Waals surface area contributed by atoms with Crippen molar-refractivity contribution in [2.24, 2.45) is 5.73 Å². The van der Waals surface area contributed by atoms with E-state index >= 15 is 0 Å². The van der Waals surface area contributed by atoms with Gasteiger partial charge in [0, 0.05) is 5.75 Å². The third kappa shape index (κ3) is 3.63. The molecule has 3 rings (SSSR count). The first-order chi connectivity index (χ1) is 13.3. The molecule has 0 saturated carbocycles. The Kier molecular flexibility index (Phi) is 5.76. The predicted octanol–water partition coefficient (Wildman–Crippen LogP) is 1.10. The van der Waals surface area contributed by atoms with Gasteiger partial charge in [-0.2, -0.15) is 0 Å². The van der Waals surface area contributed by atoms with Gasteiger partial charge in [0.25, 0.3) is 5.91 Å². The summed E-state index contributed by atoms with van der Waals surface area (Å²) >= 11 is 1.42. The maximum Gasteiger partial charge on any atom is 0.352 e. The minimum absolute atomic E-state index is 0.000169. The Morgan fingerprint density at radius 3 is 2.68 bits per heavy atom. The number of benzene rings is 1. The summed E-state index contributed by atoms with van der Waals surface area (Å²) in [5.41, 5.74) is 7.11. The number of nitrogens with zero attached hydrogens (tertiary/aromatic N) is 1. The number of aliphatic carboxylic acids is 1. The molecule has 1 fully saturated rings. The van der Waals surface area contributed by atoms with Gasteiger partial charge >= 0.3 is 5.97 Å². The third-order valence-corrected chi connectivity index (χ3v) is 6.02. The average Bonchev–Trinajstić information content (AvgIpc) is 2.69. The second-order valence-electron chi connectivity index (χ2n) is 6.50. The van der Waals surface area contributed by atoms with Crippen LogP contribution in [0.25, 0.3) is 0 Å². The van der Waals surface area contributed by atoms with Crippen LogP contribution in [0.2, 0.25) is 0 Å². The molecule has 0 radical (unpaired) electrons. The van der Waals surface area contributed by atoms with E-state index in [1.807, 2.05) is 19.1 Å². The molecule has 2 unspecified atom stereocenters. The van der Waals surface area contributed by atoms with Crippen molar-refractivity contribution in [1.82, 2.24) is 10.2 Å². The third-order valence-electron chi connectivity index (χ3n) is 4.68. The summed E-state index contributed by atoms with van der Waals surface area (Å²) < 4.78 is 0. The van der Waals surface area contributed by atoms with Crippen LogP contribution in [0.15, 0.2) is 47.7 Å². The minimum Gasteiger partial charge on any atom is -0.508 e. The average molecular weight is 403 g/mol. The van der Waals surface area contributed by atoms with Gasteiger partial charge in [-0.3, -0.25) is 14.5 Å². The van der Waals surface area contributed by atoms with E-state index in [-0.39, 0.29) is 11.4 Å². The van der Waals surface area contributed by atoms with Gasteiger partial charge in [-0.1, -0.05) is 24.3 Å². The van der Waals surface area contributed by atoms with Crippen LogP contribution in [0.5, 0.6) is 5.75 Å². The van der Waals surface area contributed by atoms with Gasteiger partial charge in [0.15, 0.2) is 0 Å². The standard InChI is InChI=1S/C19H21N3O5S/c1-2-3-4-11-9-28-18-14(17(25)22(18)15(11)19(26)27)21-16(24)13(20)10-5-7-12(23)8-6-10/h2-3,5-8,13-14,18,23H,4,9,20H2,1H3,(H,21,24)(H,26,27)/b3-2-/t13?,14?,18-/m1/s1. The summed E-state index contributed by atoms with van der Waals surface area (Å²) in [7, 11) is 0. The Balaban J connectivity index is 1.73. The zero-order valence-electron chi connectivity index (χ0n) is 15.2. The van der Waals surface area contributed by atoms with Gasteiger partial charge in [0.1, 0.15) is 28.9 Å². The lowest BCUT2D eigenvalue weighted by molar-refractivity contribution is -0.150. The van der Waals surface area contributed by atoms with Crippen LogP contribution in [-0.2, 0) is 14.4 Å². The minimum atomic E-state index is -1.15. The summed E-state index contributed by atoms with van der Waals surface area (Å²) in [5, 5.41) is 21.0. The highest BCUT2D eigenvalue weighted by atomic mass is 32.2. The first-order valence-corrected chi connectivity index (χ1v) is 9.76. The number of allylic oxidation sites excluding steroid dienone is 2. The van der Waals surface area contributed by atoms with Crippen molar-refractivity contribution in [2.75, 3.05) is 5.75 Å². The molecule has 148 valence electrons. The highest BCUT2D eigenvalue weighted by molar-refractivity contribution is 8.00. The number of nitrogens with one attached hydrogen (secondary N) is 1. The number of hydrogen-bond acceptors (Lipinski definition) is 6. The molecule has 2 aliphatic heterocycles. The van der Waals surface area contributed by atoms with E-state index in [0.717, 1.165) is 0 Å². The van der Waals surface area contributed by atoms with Gasteiger partial charge < -0.3 is 21.3 Å². The quantitative estimate of drug-likeness (QED) is 0.413. The van der Waals surface area contributed by atoms with Crippen LogP contribution in [0, 0.1) is 0 Å². The lowest BCUT2D eigenvalue weighted by Crippen LogP contribution is -2.71. The van der Waals surface area contributed by atoms with Crippen molar-refractivity contribution >= 4 is 29.5 Å². The molecular weight excluding hydrogens is 382 g/mol. The van der Waals surface area contributed by atoms with Gasteiger partial charge in [-0.15, -0.1) is 11.8 Å². The number of carboxylic acids is 1. The number of phenolic OH excluding ortho intramolecular Hbond substituents is 1. The number of nitrogens with two attached hydrogens (primary N) is 1. The van der Waals surface area contributed by atoms with Crippen molar-refractivity contribution in [3.8, 4) is 5.75 Å². The van der Waals surface area contributed by atoms with Crippen molar-refractivity contribution < 1.29 is 24.6 Å². The molecule has 1 aromatic rings. The summed E-state index contributed by atoms with van der Waals surface area (Å²) in [6, 6.07) is 4.08. The van der Waals surface area contributed by atoms with E-state index in [4.69, 9.17) is 5.73 Å². The van der Waals surface area contributed by atoms with Crippen LogP contribution in [-0.4, -0.2) is 50.1 Å². The Morgan fingerprint density at radius 2 is 2.07 bits per heavy atom. The number of aromatic hydroxyl groups is 1. The summed E-state index contributed by atoms with van der Waals surface area (Å²) in [6.07, 6.45) is 4.14. The van der Waals surface area contributed by atoms with Crippen LogP contribution in [0.1, 0.15) is 24.9 Å². The number of amides is 2. The smallest absolute Gasteiger partial charge is 0.352 e. The Labute approximate surface area is 166 Å². The molecule has 9 heteroatoms. The second kappa shape index (κ2) is 8.07. The molecule has 0 aliphatic carbocycles. The van der Waals surface area contributed by atoms with Crippen LogP contribution in [0.3, 0.4) is 0 Å². The number of carbonyl (C=O) groups excluding carboxylic acids is 2. The Hall–Kier alpha value is -2.78. The molecule has 3 atom stereocenters. The molecule has 2 amide bonds. The maximum absolute atomic E-state index is 12.6. The van der Waals surface area contributed by atoms with Gasteiger partial charge in [-0.25, -0.2) is 4.79 Å². The molecule has 1 saturated heterocycles. The number of carbonyl (C=O) groups is 3. The number of phenols is 1.